The molecule has 0 radical (unpaired) electrons. The molecule has 17 rings (SSSR count). The van der Waals surface area contributed by atoms with Gasteiger partial charge in [0.1, 0.15) is 34.8 Å². The molecule has 3 aromatic carbocycles. The first kappa shape index (κ1) is 59.8. The SMILES string of the molecule is NC1C2CC3CC(C2)CC1C3.Nc1nc2ccc(C(F)(F)F)cc2s1.O=C(Cc1nc2ccc(C(F)(F)F)cc2s1)CC1C2CC3CC(C2)CC1C3.O=C(Cc1nc2ccc(C(F)(F)F)cc2s1)n1ccnc1.O=C(n1ccnc1)n1ccnc1. The summed E-state index contributed by atoms with van der Waals surface area (Å²) in [6.07, 6.45) is 15.4. The topological polar surface area (TPSA) is 195 Å². The maximum atomic E-state index is 12.9. The van der Waals surface area contributed by atoms with E-state index in [-0.39, 0.29) is 35.7 Å². The lowest BCUT2D eigenvalue weighted by atomic mass is 9.51. The zero-order valence-electron chi connectivity index (χ0n) is 45.4. The van der Waals surface area contributed by atoms with Gasteiger partial charge in [-0.15, -0.1) is 22.7 Å². The molecule has 8 saturated carbocycles. The third-order valence-electron chi connectivity index (χ3n) is 17.3. The molecule has 14 nitrogen and oxygen atoms in total. The number of aromatic nitrogens is 9. The van der Waals surface area contributed by atoms with Crippen LogP contribution < -0.4 is 11.5 Å². The Labute approximate surface area is 492 Å². The molecule has 85 heavy (non-hydrogen) atoms. The lowest BCUT2D eigenvalue weighted by Crippen LogP contribution is -2.52. The Bertz CT molecular complexity index is 3690. The third kappa shape index (κ3) is 14.2. The van der Waals surface area contributed by atoms with Crippen LogP contribution in [-0.2, 0) is 36.2 Å². The number of alkyl halides is 9. The number of nitrogen functional groups attached to an aromatic ring is 1. The van der Waals surface area contributed by atoms with Gasteiger partial charge in [-0.05, 0) is 172 Å². The smallest absolute Gasteiger partial charge is 0.375 e. The number of nitrogens with two attached hydrogens (primary N) is 2. The summed E-state index contributed by atoms with van der Waals surface area (Å²) in [4.78, 5) is 59.7. The van der Waals surface area contributed by atoms with Gasteiger partial charge < -0.3 is 11.5 Å². The Morgan fingerprint density at radius 2 is 0.871 bits per heavy atom. The van der Waals surface area contributed by atoms with E-state index >= 15 is 0 Å². The van der Waals surface area contributed by atoms with Crippen molar-refractivity contribution >= 4 is 87.5 Å². The van der Waals surface area contributed by atoms with Crippen molar-refractivity contribution < 1.29 is 53.9 Å². The number of nitrogens with zero attached hydrogens (tertiary/aromatic N) is 9. The molecule has 4 N–H and O–H groups in total. The summed E-state index contributed by atoms with van der Waals surface area (Å²) in [5, 5.41) is 1.39. The van der Waals surface area contributed by atoms with E-state index in [1.54, 1.807) is 31.2 Å². The minimum absolute atomic E-state index is 0.0249. The first-order chi connectivity index (χ1) is 40.4. The van der Waals surface area contributed by atoms with Gasteiger partial charge in [0, 0.05) is 49.6 Å². The van der Waals surface area contributed by atoms with Crippen molar-refractivity contribution in [3.8, 4) is 0 Å². The fourth-order valence-electron chi connectivity index (χ4n) is 13.9. The van der Waals surface area contributed by atoms with E-state index < -0.39 is 35.2 Å². The van der Waals surface area contributed by atoms with Crippen LogP contribution in [-0.4, -0.2) is 67.4 Å². The average Bonchev–Trinajstić information content (AvgIpc) is 2.25. The number of hydrogen-bond donors (Lipinski definition) is 2. The van der Waals surface area contributed by atoms with Crippen molar-refractivity contribution in [3.05, 3.63) is 137 Å². The molecule has 26 heteroatoms. The summed E-state index contributed by atoms with van der Waals surface area (Å²) >= 11 is 3.35. The van der Waals surface area contributed by atoms with Crippen LogP contribution >= 0.6 is 34.0 Å². The zero-order chi connectivity index (χ0) is 60.0. The van der Waals surface area contributed by atoms with E-state index in [9.17, 15) is 53.9 Å². The first-order valence-electron chi connectivity index (χ1n) is 27.9. The van der Waals surface area contributed by atoms with Crippen LogP contribution in [0.1, 0.15) is 102 Å². The summed E-state index contributed by atoms with van der Waals surface area (Å²) in [6.45, 7) is 0. The highest BCUT2D eigenvalue weighted by Crippen LogP contribution is 2.58. The second-order valence-corrected chi connectivity index (χ2v) is 26.4. The molecule has 0 saturated heterocycles. The second-order valence-electron chi connectivity index (χ2n) is 23.1. The fraction of sp³-hybridized carbons (Fsp3) is 0.441. The molecule has 0 spiro atoms. The predicted molar refractivity (Wildman–Crippen MR) is 304 cm³/mol. The lowest BCUT2D eigenvalue weighted by molar-refractivity contribution is -0.138. The molecule has 6 aromatic heterocycles. The Morgan fingerprint density at radius 1 is 0.494 bits per heavy atom. The van der Waals surface area contributed by atoms with Crippen LogP contribution in [0.15, 0.2) is 111 Å². The highest BCUT2D eigenvalue weighted by atomic mass is 32.1. The van der Waals surface area contributed by atoms with Gasteiger partial charge in [-0.25, -0.2) is 34.7 Å². The van der Waals surface area contributed by atoms with Gasteiger partial charge in [-0.3, -0.25) is 23.3 Å². The number of anilines is 1. The molecule has 0 atom stereocenters. The van der Waals surface area contributed by atoms with Gasteiger partial charge in [0.25, 0.3) is 0 Å². The van der Waals surface area contributed by atoms with E-state index in [0.29, 0.717) is 59.0 Å². The number of rotatable bonds is 6. The number of carbonyl (C=O) groups excluding carboxylic acids is 3. The average molecular weight is 1240 g/mol. The quantitative estimate of drug-likeness (QED) is 0.150. The Morgan fingerprint density at radius 3 is 1.27 bits per heavy atom. The molecular formula is C59H58F9N11O3S3. The van der Waals surface area contributed by atoms with Gasteiger partial charge in [-0.2, -0.15) is 39.5 Å². The molecular weight excluding hydrogens is 1180 g/mol. The van der Waals surface area contributed by atoms with Crippen LogP contribution in [0.25, 0.3) is 30.6 Å². The molecule has 448 valence electrons. The summed E-state index contributed by atoms with van der Waals surface area (Å²) < 4.78 is 119. The van der Waals surface area contributed by atoms with Crippen LogP contribution in [0.3, 0.4) is 0 Å². The lowest BCUT2D eigenvalue weighted by Gasteiger charge is -2.54. The second kappa shape index (κ2) is 24.5. The van der Waals surface area contributed by atoms with Crippen LogP contribution in [0, 0.1) is 53.3 Å². The Hall–Kier alpha value is -6.90. The minimum Gasteiger partial charge on any atom is -0.375 e. The molecule has 0 unspecified atom stereocenters. The van der Waals surface area contributed by atoms with Crippen molar-refractivity contribution in [2.75, 3.05) is 5.73 Å². The highest BCUT2D eigenvalue weighted by molar-refractivity contribution is 7.22. The zero-order valence-corrected chi connectivity index (χ0v) is 47.8. The maximum Gasteiger partial charge on any atom is 0.416 e. The van der Waals surface area contributed by atoms with E-state index in [2.05, 4.69) is 29.9 Å². The van der Waals surface area contributed by atoms with Gasteiger partial charge >= 0.3 is 24.6 Å². The molecule has 6 heterocycles. The summed E-state index contributed by atoms with van der Waals surface area (Å²) in [7, 11) is 0. The van der Waals surface area contributed by atoms with Crippen molar-refractivity contribution in [1.29, 1.82) is 0 Å². The summed E-state index contributed by atoms with van der Waals surface area (Å²) in [5.41, 5.74) is 11.0. The normalized spacial score (nSPS) is 24.4. The maximum absolute atomic E-state index is 12.9. The Balaban J connectivity index is 0.000000115. The number of hydrogen-bond acceptors (Lipinski definition) is 14. The molecule has 0 aliphatic heterocycles. The number of halogens is 9. The van der Waals surface area contributed by atoms with Crippen molar-refractivity contribution in [3.63, 3.8) is 0 Å². The largest absolute Gasteiger partial charge is 0.416 e. The highest BCUT2D eigenvalue weighted by Gasteiger charge is 2.49. The van der Waals surface area contributed by atoms with E-state index in [0.717, 1.165) is 106 Å². The fourth-order valence-corrected chi connectivity index (χ4v) is 16.7. The number of fused-ring (bicyclic) bond motifs is 3. The predicted octanol–water partition coefficient (Wildman–Crippen LogP) is 14.5. The summed E-state index contributed by atoms with van der Waals surface area (Å²) in [6, 6.07) is 10.7. The van der Waals surface area contributed by atoms with Gasteiger partial charge in [0.05, 0.1) is 60.2 Å². The molecule has 8 aliphatic carbocycles. The van der Waals surface area contributed by atoms with Gasteiger partial charge in [0.2, 0.25) is 5.91 Å². The van der Waals surface area contributed by atoms with Gasteiger partial charge in [0.15, 0.2) is 5.13 Å². The molecule has 8 fully saturated rings. The van der Waals surface area contributed by atoms with E-state index in [4.69, 9.17) is 11.5 Å². The van der Waals surface area contributed by atoms with E-state index in [1.165, 1.54) is 132 Å². The van der Waals surface area contributed by atoms with Crippen molar-refractivity contribution in [2.45, 2.75) is 108 Å². The molecule has 9 aromatic rings. The first-order valence-corrected chi connectivity index (χ1v) is 30.4. The standard InChI is InChI=1S/C21H22F3NOS.C13H8F3N3OS.C10H17N.C8H5F3N2S.C7H6N4O/c22-21(23,24)15-1-2-18-19(8-15)27-20(25-18)10-16(26)9-17-13-4-11-3-12(6-13)7-14(17)5-11;14-13(15,16)8-1-2-9-10(5-8)21-11(18-9)6-12(20)19-4-3-17-7-19;11-10-8-2-6-1-7(4-8)5-9(10)3-6;9-8(10,11)4-1-2-5-6(3-4)14-7(12)13-5;12-7(10-3-1-8-5-10)11-4-2-9-6-11/h1-2,8,11-14,17H,3-7,9-10H2;1-5,7H,6H2;6-10H,1-5,11H2;1-3H,(H2,12,13);1-6H. The number of carbonyl (C=O) groups is 3. The van der Waals surface area contributed by atoms with Crippen molar-refractivity contribution in [1.82, 2.24) is 43.6 Å². The number of thiazole rings is 3. The van der Waals surface area contributed by atoms with Crippen molar-refractivity contribution in [2.24, 2.45) is 59.0 Å². The Kier molecular flexibility index (Phi) is 17.2. The number of Topliss-reactive ketones (excluding diaryl/α,β-unsaturated/α-hetero) is 1. The monoisotopic (exact) mass is 1240 g/mol. The number of imidazole rings is 3. The molecule has 8 bridgehead atoms. The third-order valence-corrected chi connectivity index (χ3v) is 20.2. The number of ketones is 1. The van der Waals surface area contributed by atoms with Crippen LogP contribution in [0.2, 0.25) is 0 Å². The van der Waals surface area contributed by atoms with Crippen LogP contribution in [0.4, 0.5) is 49.4 Å². The van der Waals surface area contributed by atoms with Gasteiger partial charge in [-0.1, -0.05) is 11.3 Å². The summed E-state index contributed by atoms with van der Waals surface area (Å²) in [5.74, 6) is 7.72. The molecule has 0 amide bonds. The van der Waals surface area contributed by atoms with E-state index in [1.807, 2.05) is 0 Å². The minimum atomic E-state index is -4.38. The number of benzene rings is 3. The molecule has 8 aliphatic rings. The van der Waals surface area contributed by atoms with Crippen LogP contribution in [0.5, 0.6) is 0 Å².